The lowest BCUT2D eigenvalue weighted by Crippen LogP contribution is -2.45. The van der Waals surface area contributed by atoms with Gasteiger partial charge in [0.05, 0.1) is 11.6 Å². The average molecular weight is 294 g/mol. The maximum Gasteiger partial charge on any atom is 0.255 e. The highest BCUT2D eigenvalue weighted by Gasteiger charge is 2.35. The van der Waals surface area contributed by atoms with Crippen LogP contribution in [-0.4, -0.2) is 16.4 Å². The molecular weight excluding hydrogens is 282 g/mol. The largest absolute Gasteiger partial charge is 0.334 e. The first-order valence-electron chi connectivity index (χ1n) is 5.51. The van der Waals surface area contributed by atoms with Crippen LogP contribution in [0.4, 0.5) is 0 Å². The smallest absolute Gasteiger partial charge is 0.255 e. The van der Waals surface area contributed by atoms with Crippen molar-refractivity contribution in [3.8, 4) is 6.07 Å². The predicted octanol–water partition coefficient (Wildman–Crippen LogP) is 2.41. The molecule has 0 radical (unpaired) electrons. The zero-order valence-electron chi connectivity index (χ0n) is 9.24. The van der Waals surface area contributed by atoms with Gasteiger partial charge in [-0.25, -0.2) is 4.98 Å². The molecule has 17 heavy (non-hydrogen) atoms. The molecule has 1 amide bonds. The summed E-state index contributed by atoms with van der Waals surface area (Å²) in [5.74, 6) is -0.242. The summed E-state index contributed by atoms with van der Waals surface area (Å²) in [5.41, 5.74) is -0.221. The van der Waals surface area contributed by atoms with Gasteiger partial charge in [-0.05, 0) is 53.7 Å². The minimum Gasteiger partial charge on any atom is -0.334 e. The van der Waals surface area contributed by atoms with E-state index in [1.807, 2.05) is 0 Å². The summed E-state index contributed by atoms with van der Waals surface area (Å²) in [4.78, 5) is 16.0. The Morgan fingerprint density at radius 2 is 2.24 bits per heavy atom. The Bertz CT molecular complexity index is 475. The van der Waals surface area contributed by atoms with E-state index in [1.54, 1.807) is 18.3 Å². The zero-order chi connectivity index (χ0) is 12.3. The number of nitrogens with zero attached hydrogens (tertiary/aromatic N) is 2. The molecule has 0 aliphatic heterocycles. The van der Waals surface area contributed by atoms with Gasteiger partial charge in [0.15, 0.2) is 0 Å². The number of aromatic nitrogens is 1. The average Bonchev–Trinajstić information content (AvgIpc) is 2.79. The standard InChI is InChI=1S/C12H12BrN3O/c13-10-9(4-3-7-15-10)11(17)16-12(8-14)5-1-2-6-12/h3-4,7H,1-2,5-6H2,(H,16,17). The van der Waals surface area contributed by atoms with Crippen molar-refractivity contribution in [3.63, 3.8) is 0 Å². The van der Waals surface area contributed by atoms with Crippen molar-refractivity contribution in [1.82, 2.24) is 10.3 Å². The summed E-state index contributed by atoms with van der Waals surface area (Å²) in [6.45, 7) is 0. The van der Waals surface area contributed by atoms with Crippen molar-refractivity contribution in [3.05, 3.63) is 28.5 Å². The number of pyridine rings is 1. The minimum absolute atomic E-state index is 0.242. The van der Waals surface area contributed by atoms with Crippen molar-refractivity contribution in [2.24, 2.45) is 0 Å². The van der Waals surface area contributed by atoms with E-state index in [1.165, 1.54) is 0 Å². The van der Waals surface area contributed by atoms with Crippen molar-refractivity contribution in [2.45, 2.75) is 31.2 Å². The van der Waals surface area contributed by atoms with E-state index >= 15 is 0 Å². The fourth-order valence-electron chi connectivity index (χ4n) is 2.08. The van der Waals surface area contributed by atoms with E-state index in [0.29, 0.717) is 10.2 Å². The summed E-state index contributed by atoms with van der Waals surface area (Å²) in [5, 5.41) is 12.0. The van der Waals surface area contributed by atoms with Crippen molar-refractivity contribution < 1.29 is 4.79 Å². The molecule has 1 fully saturated rings. The summed E-state index contributed by atoms with van der Waals surface area (Å²) in [6.07, 6.45) is 5.04. The number of carbonyl (C=O) groups is 1. The SMILES string of the molecule is N#CC1(NC(=O)c2cccnc2Br)CCCC1. The van der Waals surface area contributed by atoms with Gasteiger partial charge in [0.2, 0.25) is 0 Å². The molecule has 1 heterocycles. The lowest BCUT2D eigenvalue weighted by atomic mass is 9.99. The number of hydrogen-bond acceptors (Lipinski definition) is 3. The van der Waals surface area contributed by atoms with E-state index in [-0.39, 0.29) is 5.91 Å². The third-order valence-corrected chi connectivity index (χ3v) is 3.66. The normalized spacial score (nSPS) is 17.4. The van der Waals surface area contributed by atoms with E-state index in [2.05, 4.69) is 32.3 Å². The number of nitrogens with one attached hydrogen (secondary N) is 1. The van der Waals surface area contributed by atoms with Crippen molar-refractivity contribution >= 4 is 21.8 Å². The van der Waals surface area contributed by atoms with Crippen molar-refractivity contribution in [2.75, 3.05) is 0 Å². The zero-order valence-corrected chi connectivity index (χ0v) is 10.8. The predicted molar refractivity (Wildman–Crippen MR) is 66.2 cm³/mol. The topological polar surface area (TPSA) is 65.8 Å². The monoisotopic (exact) mass is 293 g/mol. The van der Waals surface area contributed by atoms with Crippen LogP contribution < -0.4 is 5.32 Å². The first kappa shape index (κ1) is 12.1. The quantitative estimate of drug-likeness (QED) is 0.852. The van der Waals surface area contributed by atoms with Gasteiger partial charge >= 0.3 is 0 Å². The number of carbonyl (C=O) groups excluding carboxylic acids is 1. The number of amides is 1. The Morgan fingerprint density at radius 1 is 1.53 bits per heavy atom. The second-order valence-electron chi connectivity index (χ2n) is 4.20. The molecule has 1 N–H and O–H groups in total. The number of rotatable bonds is 2. The third-order valence-electron chi connectivity index (χ3n) is 3.03. The third kappa shape index (κ3) is 2.47. The van der Waals surface area contributed by atoms with Gasteiger partial charge in [0.1, 0.15) is 10.1 Å². The fourth-order valence-corrected chi connectivity index (χ4v) is 2.51. The van der Waals surface area contributed by atoms with Crippen LogP contribution in [-0.2, 0) is 0 Å². The van der Waals surface area contributed by atoms with Gasteiger partial charge in [-0.1, -0.05) is 0 Å². The summed E-state index contributed by atoms with van der Waals surface area (Å²) < 4.78 is 0.503. The Hall–Kier alpha value is -1.41. The van der Waals surface area contributed by atoms with Crippen molar-refractivity contribution in [1.29, 1.82) is 5.26 Å². The lowest BCUT2D eigenvalue weighted by molar-refractivity contribution is 0.0919. The molecule has 5 heteroatoms. The molecule has 0 bridgehead atoms. The van der Waals surface area contributed by atoms with Gasteiger partial charge in [-0.3, -0.25) is 4.79 Å². The number of halogens is 1. The molecule has 2 rings (SSSR count). The van der Waals surface area contributed by atoms with Gasteiger partial charge in [0, 0.05) is 6.20 Å². The van der Waals surface area contributed by atoms with Gasteiger partial charge < -0.3 is 5.32 Å². The highest BCUT2D eigenvalue weighted by atomic mass is 79.9. The summed E-state index contributed by atoms with van der Waals surface area (Å²) in [6, 6.07) is 5.62. The van der Waals surface area contributed by atoms with Gasteiger partial charge in [-0.15, -0.1) is 0 Å². The van der Waals surface area contributed by atoms with Crippen LogP contribution in [0.5, 0.6) is 0 Å². The molecule has 1 aromatic heterocycles. The maximum atomic E-state index is 12.1. The first-order valence-corrected chi connectivity index (χ1v) is 6.30. The Labute approximate surface area is 108 Å². The molecule has 1 aromatic rings. The van der Waals surface area contributed by atoms with Crippen LogP contribution in [0.3, 0.4) is 0 Å². The van der Waals surface area contributed by atoms with Crippen LogP contribution in [0, 0.1) is 11.3 Å². The second kappa shape index (κ2) is 4.84. The van der Waals surface area contributed by atoms with Crippen LogP contribution in [0.15, 0.2) is 22.9 Å². The molecule has 1 aliphatic rings. The Balaban J connectivity index is 2.17. The van der Waals surface area contributed by atoms with E-state index in [0.717, 1.165) is 25.7 Å². The summed E-state index contributed by atoms with van der Waals surface area (Å²) in [7, 11) is 0. The molecule has 1 aliphatic carbocycles. The van der Waals surface area contributed by atoms with E-state index in [4.69, 9.17) is 0 Å². The molecule has 88 valence electrons. The second-order valence-corrected chi connectivity index (χ2v) is 4.95. The van der Waals surface area contributed by atoms with E-state index in [9.17, 15) is 10.1 Å². The molecular formula is C12H12BrN3O. The molecule has 0 atom stereocenters. The lowest BCUT2D eigenvalue weighted by Gasteiger charge is -2.22. The molecule has 0 spiro atoms. The Kier molecular flexibility index (Phi) is 3.43. The molecule has 4 nitrogen and oxygen atoms in total. The number of nitriles is 1. The molecule has 0 saturated heterocycles. The van der Waals surface area contributed by atoms with Crippen LogP contribution in [0.1, 0.15) is 36.0 Å². The maximum absolute atomic E-state index is 12.1. The molecule has 1 saturated carbocycles. The molecule has 0 aromatic carbocycles. The molecule has 0 unspecified atom stereocenters. The van der Waals surface area contributed by atoms with Crippen LogP contribution in [0.25, 0.3) is 0 Å². The fraction of sp³-hybridized carbons (Fsp3) is 0.417. The number of hydrogen-bond donors (Lipinski definition) is 1. The van der Waals surface area contributed by atoms with Crippen LogP contribution in [0.2, 0.25) is 0 Å². The van der Waals surface area contributed by atoms with Gasteiger partial charge in [0.25, 0.3) is 5.91 Å². The first-order chi connectivity index (χ1) is 8.17. The van der Waals surface area contributed by atoms with Crippen LogP contribution >= 0.6 is 15.9 Å². The Morgan fingerprint density at radius 3 is 2.82 bits per heavy atom. The highest BCUT2D eigenvalue weighted by molar-refractivity contribution is 9.10. The van der Waals surface area contributed by atoms with E-state index < -0.39 is 5.54 Å². The van der Waals surface area contributed by atoms with Gasteiger partial charge in [-0.2, -0.15) is 5.26 Å². The summed E-state index contributed by atoms with van der Waals surface area (Å²) >= 11 is 3.23. The minimum atomic E-state index is -0.688. The highest BCUT2D eigenvalue weighted by Crippen LogP contribution is 2.29.